The summed E-state index contributed by atoms with van der Waals surface area (Å²) in [6.07, 6.45) is 1.71. The third-order valence-corrected chi connectivity index (χ3v) is 5.96. The molecule has 5 nitrogen and oxygen atoms in total. The second kappa shape index (κ2) is 6.66. The van der Waals surface area contributed by atoms with Crippen molar-refractivity contribution in [2.24, 2.45) is 5.92 Å². The van der Waals surface area contributed by atoms with Gasteiger partial charge in [0, 0.05) is 36.7 Å². The maximum atomic E-state index is 12.7. The molecule has 1 aliphatic heterocycles. The standard InChI is InChI=1S/C19H21N3O2S/c1-12-10-22-17(25-11-12)7-14(15(8-20)18(22)23)13-5-6-16(21-9-13)19(2,3)24-4/h5-7,9,12H,10-11H2,1-4H3. The molecule has 1 atom stereocenters. The van der Waals surface area contributed by atoms with Gasteiger partial charge >= 0.3 is 0 Å². The van der Waals surface area contributed by atoms with Crippen LogP contribution in [0.25, 0.3) is 11.1 Å². The third-order valence-electron chi connectivity index (χ3n) is 4.59. The molecule has 0 saturated carbocycles. The molecule has 1 aliphatic rings. The highest BCUT2D eigenvalue weighted by Gasteiger charge is 2.23. The number of thioether (sulfide) groups is 1. The van der Waals surface area contributed by atoms with Gasteiger partial charge < -0.3 is 9.30 Å². The van der Waals surface area contributed by atoms with Crippen LogP contribution < -0.4 is 5.56 Å². The van der Waals surface area contributed by atoms with Crippen molar-refractivity contribution in [1.82, 2.24) is 9.55 Å². The lowest BCUT2D eigenvalue weighted by molar-refractivity contribution is 0.0155. The zero-order chi connectivity index (χ0) is 18.2. The number of hydrogen-bond donors (Lipinski definition) is 0. The summed E-state index contributed by atoms with van der Waals surface area (Å²) in [6, 6.07) is 7.80. The van der Waals surface area contributed by atoms with Gasteiger partial charge in [-0.1, -0.05) is 13.0 Å². The fourth-order valence-electron chi connectivity index (χ4n) is 2.86. The molecule has 0 bridgehead atoms. The number of rotatable bonds is 3. The first kappa shape index (κ1) is 17.7. The van der Waals surface area contributed by atoms with E-state index in [-0.39, 0.29) is 11.1 Å². The van der Waals surface area contributed by atoms with Gasteiger partial charge in [-0.2, -0.15) is 5.26 Å². The van der Waals surface area contributed by atoms with Gasteiger partial charge in [-0.05, 0) is 31.9 Å². The van der Waals surface area contributed by atoms with Crippen molar-refractivity contribution in [2.45, 2.75) is 37.9 Å². The van der Waals surface area contributed by atoms with Crippen molar-refractivity contribution in [2.75, 3.05) is 12.9 Å². The summed E-state index contributed by atoms with van der Waals surface area (Å²) < 4.78 is 7.17. The average molecular weight is 355 g/mol. The summed E-state index contributed by atoms with van der Waals surface area (Å²) in [4.78, 5) is 17.2. The molecule has 130 valence electrons. The van der Waals surface area contributed by atoms with Crippen LogP contribution in [0.4, 0.5) is 0 Å². The largest absolute Gasteiger partial charge is 0.373 e. The summed E-state index contributed by atoms with van der Waals surface area (Å²) in [5, 5.41) is 10.5. The summed E-state index contributed by atoms with van der Waals surface area (Å²) in [7, 11) is 1.64. The minimum absolute atomic E-state index is 0.180. The zero-order valence-corrected chi connectivity index (χ0v) is 15.7. The molecule has 0 aliphatic carbocycles. The van der Waals surface area contributed by atoms with Crippen molar-refractivity contribution in [3.05, 3.63) is 46.0 Å². The highest BCUT2D eigenvalue weighted by molar-refractivity contribution is 7.99. The zero-order valence-electron chi connectivity index (χ0n) is 14.9. The Morgan fingerprint density at radius 3 is 2.80 bits per heavy atom. The van der Waals surface area contributed by atoms with E-state index in [9.17, 15) is 10.1 Å². The second-order valence-electron chi connectivity index (χ2n) is 6.86. The Kier molecular flexibility index (Phi) is 4.72. The minimum atomic E-state index is -0.488. The molecular weight excluding hydrogens is 334 g/mol. The molecule has 25 heavy (non-hydrogen) atoms. The Morgan fingerprint density at radius 1 is 1.44 bits per heavy atom. The predicted octanol–water partition coefficient (Wildman–Crippen LogP) is 3.41. The van der Waals surface area contributed by atoms with Gasteiger partial charge in [0.15, 0.2) is 0 Å². The first-order valence-electron chi connectivity index (χ1n) is 8.20. The van der Waals surface area contributed by atoms with Crippen LogP contribution in [0.15, 0.2) is 34.2 Å². The predicted molar refractivity (Wildman–Crippen MR) is 98.6 cm³/mol. The highest BCUT2D eigenvalue weighted by Crippen LogP contribution is 2.32. The number of nitrogens with zero attached hydrogens (tertiary/aromatic N) is 3. The van der Waals surface area contributed by atoms with E-state index in [0.29, 0.717) is 18.0 Å². The monoisotopic (exact) mass is 355 g/mol. The molecule has 2 aromatic rings. The van der Waals surface area contributed by atoms with Crippen LogP contribution in [0.3, 0.4) is 0 Å². The number of methoxy groups -OCH3 is 1. The third kappa shape index (κ3) is 3.22. The second-order valence-corrected chi connectivity index (χ2v) is 7.90. The summed E-state index contributed by atoms with van der Waals surface area (Å²) in [5.41, 5.74) is 1.70. The number of ether oxygens (including phenoxy) is 1. The Morgan fingerprint density at radius 2 is 2.20 bits per heavy atom. The Bertz CT molecular complexity index is 895. The van der Waals surface area contributed by atoms with E-state index < -0.39 is 5.60 Å². The van der Waals surface area contributed by atoms with Crippen molar-refractivity contribution < 1.29 is 4.74 Å². The van der Waals surface area contributed by atoms with Crippen LogP contribution in [-0.4, -0.2) is 22.4 Å². The van der Waals surface area contributed by atoms with Crippen LogP contribution in [0.1, 0.15) is 32.0 Å². The van der Waals surface area contributed by atoms with Gasteiger partial charge in [0.1, 0.15) is 17.2 Å². The number of fused-ring (bicyclic) bond motifs is 1. The molecule has 0 saturated heterocycles. The van der Waals surface area contributed by atoms with E-state index in [2.05, 4.69) is 18.0 Å². The van der Waals surface area contributed by atoms with Crippen molar-refractivity contribution in [1.29, 1.82) is 5.26 Å². The van der Waals surface area contributed by atoms with E-state index >= 15 is 0 Å². The number of pyridine rings is 2. The van der Waals surface area contributed by atoms with Gasteiger partial charge in [0.2, 0.25) is 0 Å². The van der Waals surface area contributed by atoms with Crippen molar-refractivity contribution in [3.63, 3.8) is 0 Å². The van der Waals surface area contributed by atoms with Gasteiger partial charge in [0.05, 0.1) is 10.7 Å². The molecule has 0 radical (unpaired) electrons. The van der Waals surface area contributed by atoms with Gasteiger partial charge in [-0.3, -0.25) is 9.78 Å². The van der Waals surface area contributed by atoms with E-state index in [1.807, 2.05) is 32.0 Å². The molecule has 0 aromatic carbocycles. The summed E-state index contributed by atoms with van der Waals surface area (Å²) in [6.45, 7) is 6.66. The van der Waals surface area contributed by atoms with Crippen molar-refractivity contribution in [3.8, 4) is 17.2 Å². The number of aromatic nitrogens is 2. The lowest BCUT2D eigenvalue weighted by atomic mass is 10.00. The van der Waals surface area contributed by atoms with Crippen molar-refractivity contribution >= 4 is 11.8 Å². The Labute approximate surface area is 151 Å². The fourth-order valence-corrected chi connectivity index (χ4v) is 3.93. The lowest BCUT2D eigenvalue weighted by Crippen LogP contribution is -2.30. The Balaban J connectivity index is 2.11. The van der Waals surface area contributed by atoms with E-state index in [1.165, 1.54) is 0 Å². The van der Waals surface area contributed by atoms with Gasteiger partial charge in [0.25, 0.3) is 5.56 Å². The molecular formula is C19H21N3O2S. The first-order valence-corrected chi connectivity index (χ1v) is 9.18. The number of hydrogen-bond acceptors (Lipinski definition) is 5. The first-order chi connectivity index (χ1) is 11.9. The topological polar surface area (TPSA) is 67.9 Å². The van der Waals surface area contributed by atoms with Gasteiger partial charge in [-0.15, -0.1) is 11.8 Å². The lowest BCUT2D eigenvalue weighted by Gasteiger charge is -2.24. The van der Waals surface area contributed by atoms with E-state index in [0.717, 1.165) is 22.0 Å². The molecule has 3 heterocycles. The van der Waals surface area contributed by atoms with Gasteiger partial charge in [-0.25, -0.2) is 0 Å². The molecule has 0 N–H and O–H groups in total. The minimum Gasteiger partial charge on any atom is -0.373 e. The summed E-state index contributed by atoms with van der Waals surface area (Å²) in [5.74, 6) is 1.40. The Hall–Kier alpha value is -2.10. The molecule has 3 rings (SSSR count). The molecule has 6 heteroatoms. The van der Waals surface area contributed by atoms with Crippen LogP contribution in [0, 0.1) is 17.2 Å². The molecule has 0 spiro atoms. The van der Waals surface area contributed by atoms with Crippen LogP contribution in [0.5, 0.6) is 0 Å². The van der Waals surface area contributed by atoms with Crippen LogP contribution >= 0.6 is 11.8 Å². The molecule has 0 fully saturated rings. The van der Waals surface area contributed by atoms with E-state index in [4.69, 9.17) is 4.74 Å². The fraction of sp³-hybridized carbons (Fsp3) is 0.421. The van der Waals surface area contributed by atoms with Crippen LogP contribution in [-0.2, 0) is 16.9 Å². The smallest absolute Gasteiger partial charge is 0.269 e. The quantitative estimate of drug-likeness (QED) is 0.844. The average Bonchev–Trinajstić information content (AvgIpc) is 2.62. The normalized spacial score (nSPS) is 17.0. The maximum Gasteiger partial charge on any atom is 0.269 e. The molecule has 2 aromatic heterocycles. The van der Waals surface area contributed by atoms with Crippen LogP contribution in [0.2, 0.25) is 0 Å². The van der Waals surface area contributed by atoms with E-state index in [1.54, 1.807) is 29.6 Å². The number of nitriles is 1. The maximum absolute atomic E-state index is 12.7. The SMILES string of the molecule is COC(C)(C)c1ccc(-c2cc3n(c(=O)c2C#N)CC(C)CS3)cn1. The summed E-state index contributed by atoms with van der Waals surface area (Å²) >= 11 is 1.66. The molecule has 1 unspecified atom stereocenters. The molecule has 0 amide bonds. The highest BCUT2D eigenvalue weighted by atomic mass is 32.2.